The largest absolute Gasteiger partial charge is 0.493 e. The third-order valence-electron chi connectivity index (χ3n) is 5.90. The van der Waals surface area contributed by atoms with Crippen LogP contribution in [0.25, 0.3) is 6.08 Å². The highest BCUT2D eigenvalue weighted by atomic mass is 79.9. The van der Waals surface area contributed by atoms with Gasteiger partial charge in [-0.2, -0.15) is 0 Å². The number of methoxy groups -OCH3 is 1. The number of urea groups is 1. The van der Waals surface area contributed by atoms with Crippen molar-refractivity contribution in [2.75, 3.05) is 19.0 Å². The van der Waals surface area contributed by atoms with E-state index in [0.29, 0.717) is 37.3 Å². The number of aryl methyl sites for hydroxylation is 1. The number of para-hydroxylation sites is 1. The van der Waals surface area contributed by atoms with Crippen LogP contribution < -0.4 is 20.1 Å². The lowest BCUT2D eigenvalue weighted by Crippen LogP contribution is -2.38. The first-order chi connectivity index (χ1) is 18.7. The van der Waals surface area contributed by atoms with Gasteiger partial charge in [0.15, 0.2) is 11.5 Å². The van der Waals surface area contributed by atoms with E-state index in [1.807, 2.05) is 19.1 Å². The number of halogens is 3. The molecule has 0 unspecified atom stereocenters. The Kier molecular flexibility index (Phi) is 9.16. The van der Waals surface area contributed by atoms with Gasteiger partial charge < -0.3 is 20.1 Å². The lowest BCUT2D eigenvalue weighted by molar-refractivity contribution is -0.127. The highest BCUT2D eigenvalue weighted by molar-refractivity contribution is 9.10. The van der Waals surface area contributed by atoms with Crippen molar-refractivity contribution in [1.82, 2.24) is 10.2 Å². The first-order valence-corrected chi connectivity index (χ1v) is 13.4. The summed E-state index contributed by atoms with van der Waals surface area (Å²) in [7, 11) is 1.49. The fraction of sp³-hybridized carbons (Fsp3) is 0.179. The number of anilines is 1. The molecule has 3 aromatic rings. The van der Waals surface area contributed by atoms with Crippen molar-refractivity contribution in [3.8, 4) is 11.5 Å². The maximum absolute atomic E-state index is 13.0. The van der Waals surface area contributed by atoms with Gasteiger partial charge in [-0.15, -0.1) is 0 Å². The average Bonchev–Trinajstić information content (AvgIpc) is 3.18. The Morgan fingerprint density at radius 3 is 2.56 bits per heavy atom. The molecule has 2 N–H and O–H groups in total. The van der Waals surface area contributed by atoms with E-state index in [9.17, 15) is 14.4 Å². The van der Waals surface area contributed by atoms with E-state index >= 15 is 0 Å². The van der Waals surface area contributed by atoms with E-state index in [0.717, 1.165) is 22.4 Å². The number of ether oxygens (including phenoxy) is 2. The molecule has 4 amide bonds. The molecule has 1 fully saturated rings. The Hall–Kier alpha value is -3.53. The second-order valence-electron chi connectivity index (χ2n) is 8.50. The Morgan fingerprint density at radius 1 is 1.08 bits per heavy atom. The average molecular weight is 633 g/mol. The van der Waals surface area contributed by atoms with Crippen LogP contribution in [0, 0.1) is 0 Å². The summed E-state index contributed by atoms with van der Waals surface area (Å²) >= 11 is 15.5. The summed E-state index contributed by atoms with van der Waals surface area (Å²) in [4.78, 5) is 39.0. The molecule has 0 saturated carbocycles. The van der Waals surface area contributed by atoms with Crippen molar-refractivity contribution < 1.29 is 23.9 Å². The standard InChI is InChI=1S/C28H24BrCl2N3O5/c1-3-17-6-4-5-7-22(17)32-26(35)14-34-27(36)23(33-28(34)37)11-18-12-24(38-2)25(13-19(18)29)39-15-16-8-9-20(30)21(31)10-16/h4-13H,3,14-15H2,1-2H3,(H,32,35)(H,33,37)/b23-11+. The number of hydrogen-bond acceptors (Lipinski definition) is 5. The molecule has 39 heavy (non-hydrogen) atoms. The molecular weight excluding hydrogens is 609 g/mol. The second kappa shape index (κ2) is 12.5. The molecule has 0 aliphatic carbocycles. The molecule has 1 aliphatic rings. The number of nitrogens with one attached hydrogen (secondary N) is 2. The minimum Gasteiger partial charge on any atom is -0.493 e. The summed E-state index contributed by atoms with van der Waals surface area (Å²) in [5.74, 6) is -0.241. The zero-order valence-electron chi connectivity index (χ0n) is 21.0. The highest BCUT2D eigenvalue weighted by Crippen LogP contribution is 2.35. The van der Waals surface area contributed by atoms with Gasteiger partial charge in [0.2, 0.25) is 5.91 Å². The molecule has 8 nitrogen and oxygen atoms in total. The molecule has 202 valence electrons. The molecule has 4 rings (SSSR count). The van der Waals surface area contributed by atoms with Gasteiger partial charge >= 0.3 is 6.03 Å². The van der Waals surface area contributed by atoms with Crippen molar-refractivity contribution in [1.29, 1.82) is 0 Å². The van der Waals surface area contributed by atoms with E-state index in [-0.39, 0.29) is 12.3 Å². The van der Waals surface area contributed by atoms with Gasteiger partial charge in [0.25, 0.3) is 5.91 Å². The predicted octanol–water partition coefficient (Wildman–Crippen LogP) is 6.44. The topological polar surface area (TPSA) is 97.0 Å². The van der Waals surface area contributed by atoms with Crippen molar-refractivity contribution in [2.45, 2.75) is 20.0 Å². The fourth-order valence-corrected chi connectivity index (χ4v) is 4.64. The van der Waals surface area contributed by atoms with Gasteiger partial charge in [0.1, 0.15) is 18.8 Å². The highest BCUT2D eigenvalue weighted by Gasteiger charge is 2.35. The molecule has 11 heteroatoms. The number of imide groups is 1. The fourth-order valence-electron chi connectivity index (χ4n) is 3.88. The minimum atomic E-state index is -0.685. The van der Waals surface area contributed by atoms with Crippen molar-refractivity contribution >= 4 is 68.7 Å². The molecule has 0 radical (unpaired) electrons. The number of carbonyl (C=O) groups is 3. The lowest BCUT2D eigenvalue weighted by Gasteiger charge is -2.14. The van der Waals surface area contributed by atoms with Gasteiger partial charge in [0, 0.05) is 10.2 Å². The van der Waals surface area contributed by atoms with Gasteiger partial charge in [-0.05, 0) is 59.5 Å². The number of hydrogen-bond donors (Lipinski definition) is 2. The molecule has 0 aromatic heterocycles. The molecule has 3 aromatic carbocycles. The van der Waals surface area contributed by atoms with E-state index < -0.39 is 24.4 Å². The Morgan fingerprint density at radius 2 is 1.85 bits per heavy atom. The second-order valence-corrected chi connectivity index (χ2v) is 10.2. The molecular formula is C28H24BrCl2N3O5. The third kappa shape index (κ3) is 6.73. The van der Waals surface area contributed by atoms with Crippen LogP contribution in [0.3, 0.4) is 0 Å². The van der Waals surface area contributed by atoms with Gasteiger partial charge in [0.05, 0.1) is 17.2 Å². The first-order valence-electron chi connectivity index (χ1n) is 11.9. The van der Waals surface area contributed by atoms with Crippen LogP contribution >= 0.6 is 39.1 Å². The van der Waals surface area contributed by atoms with Crippen molar-refractivity contribution in [2.24, 2.45) is 0 Å². The van der Waals surface area contributed by atoms with Crippen LogP contribution in [0.15, 0.2) is 64.8 Å². The van der Waals surface area contributed by atoms with E-state index in [4.69, 9.17) is 32.7 Å². The number of rotatable bonds is 9. The summed E-state index contributed by atoms with van der Waals surface area (Å²) < 4.78 is 12.0. The Balaban J connectivity index is 1.47. The summed E-state index contributed by atoms with van der Waals surface area (Å²) in [6.07, 6.45) is 2.23. The normalized spacial score (nSPS) is 14.0. The zero-order valence-corrected chi connectivity index (χ0v) is 24.1. The Bertz CT molecular complexity index is 1480. The molecule has 1 heterocycles. The van der Waals surface area contributed by atoms with Crippen LogP contribution in [0.5, 0.6) is 11.5 Å². The number of nitrogens with zero attached hydrogens (tertiary/aromatic N) is 1. The molecule has 1 aliphatic heterocycles. The molecule has 0 bridgehead atoms. The van der Waals surface area contributed by atoms with E-state index in [1.165, 1.54) is 13.2 Å². The van der Waals surface area contributed by atoms with Crippen LogP contribution in [0.4, 0.5) is 10.5 Å². The molecule has 1 saturated heterocycles. The number of benzene rings is 3. The third-order valence-corrected chi connectivity index (χ3v) is 7.32. The summed E-state index contributed by atoms with van der Waals surface area (Å²) in [5.41, 5.74) is 2.99. The maximum atomic E-state index is 13.0. The van der Waals surface area contributed by atoms with E-state index in [2.05, 4.69) is 26.6 Å². The minimum absolute atomic E-state index is 0.0222. The summed E-state index contributed by atoms with van der Waals surface area (Å²) in [6, 6.07) is 15.2. The number of amides is 4. The van der Waals surface area contributed by atoms with E-state index in [1.54, 1.807) is 42.5 Å². The smallest absolute Gasteiger partial charge is 0.329 e. The maximum Gasteiger partial charge on any atom is 0.329 e. The van der Waals surface area contributed by atoms with Crippen molar-refractivity contribution in [3.05, 3.63) is 91.5 Å². The van der Waals surface area contributed by atoms with Gasteiger partial charge in [-0.3, -0.25) is 9.59 Å². The van der Waals surface area contributed by atoms with Gasteiger partial charge in [-0.1, -0.05) is 70.3 Å². The van der Waals surface area contributed by atoms with Crippen LogP contribution in [0.2, 0.25) is 10.0 Å². The predicted molar refractivity (Wildman–Crippen MR) is 154 cm³/mol. The summed E-state index contributed by atoms with van der Waals surface area (Å²) in [5, 5.41) is 6.18. The summed E-state index contributed by atoms with van der Waals surface area (Å²) in [6.45, 7) is 1.77. The SMILES string of the molecule is CCc1ccccc1NC(=O)CN1C(=O)N/C(=C/c2cc(OC)c(OCc3ccc(Cl)c(Cl)c3)cc2Br)C1=O. The van der Waals surface area contributed by atoms with Gasteiger partial charge in [-0.25, -0.2) is 9.69 Å². The van der Waals surface area contributed by atoms with Crippen LogP contribution in [0.1, 0.15) is 23.6 Å². The lowest BCUT2D eigenvalue weighted by atomic mass is 10.1. The zero-order chi connectivity index (χ0) is 28.1. The van der Waals surface area contributed by atoms with Crippen LogP contribution in [-0.2, 0) is 22.6 Å². The number of carbonyl (C=O) groups excluding carboxylic acids is 3. The van der Waals surface area contributed by atoms with Crippen molar-refractivity contribution in [3.63, 3.8) is 0 Å². The quantitative estimate of drug-likeness (QED) is 0.209. The first kappa shape index (κ1) is 28.5. The molecule has 0 spiro atoms. The molecule has 0 atom stereocenters. The Labute approximate surface area is 244 Å². The monoisotopic (exact) mass is 631 g/mol. The van der Waals surface area contributed by atoms with Crippen LogP contribution in [-0.4, -0.2) is 36.4 Å².